The van der Waals surface area contributed by atoms with Crippen LogP contribution >= 0.6 is 11.3 Å². The molecule has 1 N–H and O–H groups in total. The van der Waals surface area contributed by atoms with Crippen LogP contribution in [0.2, 0.25) is 0 Å². The molecule has 0 saturated heterocycles. The molecule has 1 amide bonds. The number of hydrogen-bond acceptors (Lipinski definition) is 4. The highest BCUT2D eigenvalue weighted by molar-refractivity contribution is 7.09. The smallest absolute Gasteiger partial charge is 0.273 e. The zero-order valence-corrected chi connectivity index (χ0v) is 11.9. The maximum atomic E-state index is 12.8. The van der Waals surface area contributed by atoms with Crippen LogP contribution in [0.1, 0.15) is 21.1 Å². The van der Waals surface area contributed by atoms with Gasteiger partial charge in [-0.1, -0.05) is 12.1 Å². The number of benzene rings is 1. The molecule has 0 bridgehead atoms. The number of amides is 1. The van der Waals surface area contributed by atoms with E-state index in [1.165, 1.54) is 28.4 Å². The summed E-state index contributed by atoms with van der Waals surface area (Å²) in [5.74, 6) is -0.477. The van der Waals surface area contributed by atoms with Crippen molar-refractivity contribution in [2.24, 2.45) is 0 Å². The van der Waals surface area contributed by atoms with Gasteiger partial charge in [-0.15, -0.1) is 11.3 Å². The van der Waals surface area contributed by atoms with Crippen LogP contribution in [0.5, 0.6) is 0 Å². The molecule has 20 heavy (non-hydrogen) atoms. The zero-order chi connectivity index (χ0) is 14.5. The Morgan fingerprint density at radius 3 is 2.75 bits per heavy atom. The Morgan fingerprint density at radius 1 is 1.40 bits per heavy atom. The molecule has 0 atom stereocenters. The minimum atomic E-state index is -0.269. The molecule has 2 rings (SSSR count). The molecular formula is C14H15FN2O2S. The number of carbonyl (C=O) groups excluding carboxylic acids is 1. The third kappa shape index (κ3) is 3.61. The summed E-state index contributed by atoms with van der Waals surface area (Å²) in [4.78, 5) is 17.7. The van der Waals surface area contributed by atoms with Crippen molar-refractivity contribution < 1.29 is 14.3 Å². The fourth-order valence-electron chi connectivity index (χ4n) is 1.71. The lowest BCUT2D eigenvalue weighted by Crippen LogP contribution is -2.29. The van der Waals surface area contributed by atoms with Crippen LogP contribution in [0.4, 0.5) is 4.39 Å². The van der Waals surface area contributed by atoms with Crippen molar-refractivity contribution in [2.75, 3.05) is 20.2 Å². The van der Waals surface area contributed by atoms with Crippen molar-refractivity contribution in [3.63, 3.8) is 0 Å². The van der Waals surface area contributed by atoms with Crippen LogP contribution in [0, 0.1) is 5.82 Å². The van der Waals surface area contributed by atoms with Crippen molar-refractivity contribution >= 4 is 17.2 Å². The van der Waals surface area contributed by atoms with E-state index in [0.29, 0.717) is 12.1 Å². The van der Waals surface area contributed by atoms with Gasteiger partial charge in [-0.2, -0.15) is 0 Å². The van der Waals surface area contributed by atoms with Gasteiger partial charge in [-0.05, 0) is 17.7 Å². The maximum absolute atomic E-state index is 12.8. The van der Waals surface area contributed by atoms with Gasteiger partial charge in [0.1, 0.15) is 11.5 Å². The topological polar surface area (TPSA) is 53.4 Å². The average Bonchev–Trinajstić information content (AvgIpc) is 2.89. The van der Waals surface area contributed by atoms with Crippen molar-refractivity contribution in [1.82, 2.24) is 9.88 Å². The largest absolute Gasteiger partial charge is 0.395 e. The molecule has 4 nitrogen and oxygen atoms in total. The first-order chi connectivity index (χ1) is 9.60. The molecule has 0 aliphatic heterocycles. The number of likely N-dealkylation sites (N-methyl/N-ethyl adjacent to an activating group) is 1. The van der Waals surface area contributed by atoms with Crippen molar-refractivity contribution in [2.45, 2.75) is 6.42 Å². The van der Waals surface area contributed by atoms with Gasteiger partial charge in [0.15, 0.2) is 0 Å². The van der Waals surface area contributed by atoms with Gasteiger partial charge in [0.05, 0.1) is 11.6 Å². The zero-order valence-electron chi connectivity index (χ0n) is 11.0. The molecule has 0 fully saturated rings. The lowest BCUT2D eigenvalue weighted by atomic mass is 10.1. The number of hydrogen-bond donors (Lipinski definition) is 1. The molecule has 2 aromatic rings. The van der Waals surface area contributed by atoms with E-state index in [-0.39, 0.29) is 24.9 Å². The number of carbonyl (C=O) groups is 1. The average molecular weight is 294 g/mol. The highest BCUT2D eigenvalue weighted by Gasteiger charge is 2.15. The Labute approximate surface area is 120 Å². The monoisotopic (exact) mass is 294 g/mol. The van der Waals surface area contributed by atoms with Gasteiger partial charge in [-0.3, -0.25) is 4.79 Å². The number of nitrogens with zero attached hydrogens (tertiary/aromatic N) is 2. The summed E-state index contributed by atoms with van der Waals surface area (Å²) in [7, 11) is 1.62. The Morgan fingerprint density at radius 2 is 2.10 bits per heavy atom. The van der Waals surface area contributed by atoms with Gasteiger partial charge >= 0.3 is 0 Å². The lowest BCUT2D eigenvalue weighted by Gasteiger charge is -2.13. The number of aliphatic hydroxyl groups excluding tert-OH is 1. The van der Waals surface area contributed by atoms with Gasteiger partial charge in [0, 0.05) is 25.4 Å². The molecule has 0 saturated carbocycles. The number of aromatic nitrogens is 1. The first-order valence-electron chi connectivity index (χ1n) is 6.15. The first kappa shape index (κ1) is 14.6. The van der Waals surface area contributed by atoms with Crippen LogP contribution in [-0.2, 0) is 6.42 Å². The Balaban J connectivity index is 2.05. The number of rotatable bonds is 5. The Hall–Kier alpha value is -1.79. The van der Waals surface area contributed by atoms with Gasteiger partial charge in [-0.25, -0.2) is 9.37 Å². The first-order valence-corrected chi connectivity index (χ1v) is 7.03. The summed E-state index contributed by atoms with van der Waals surface area (Å²) in [5, 5.41) is 11.3. The summed E-state index contributed by atoms with van der Waals surface area (Å²) in [5.41, 5.74) is 1.33. The van der Waals surface area contributed by atoms with Crippen molar-refractivity contribution in [3.8, 4) is 0 Å². The van der Waals surface area contributed by atoms with Crippen molar-refractivity contribution in [1.29, 1.82) is 0 Å². The van der Waals surface area contributed by atoms with E-state index in [2.05, 4.69) is 4.98 Å². The minimum absolute atomic E-state index is 0.0746. The number of halogens is 1. The highest BCUT2D eigenvalue weighted by Crippen LogP contribution is 2.16. The van der Waals surface area contributed by atoms with E-state index in [4.69, 9.17) is 5.11 Å². The van der Waals surface area contributed by atoms with E-state index >= 15 is 0 Å². The van der Waals surface area contributed by atoms with E-state index in [9.17, 15) is 9.18 Å². The quantitative estimate of drug-likeness (QED) is 0.917. The van der Waals surface area contributed by atoms with Gasteiger partial charge in [0.2, 0.25) is 0 Å². The Bertz CT molecular complexity index is 583. The second-order valence-electron chi connectivity index (χ2n) is 4.38. The fourth-order valence-corrected chi connectivity index (χ4v) is 2.52. The molecule has 1 heterocycles. The summed E-state index contributed by atoms with van der Waals surface area (Å²) in [6.45, 7) is 0.207. The Kier molecular flexibility index (Phi) is 4.81. The molecule has 0 aliphatic carbocycles. The third-order valence-corrected chi connectivity index (χ3v) is 3.67. The molecule has 1 aromatic carbocycles. The summed E-state index contributed by atoms with van der Waals surface area (Å²) in [6, 6.07) is 6.22. The lowest BCUT2D eigenvalue weighted by molar-refractivity contribution is 0.0762. The second kappa shape index (κ2) is 6.58. The summed E-state index contributed by atoms with van der Waals surface area (Å²) in [6.07, 6.45) is 0.571. The highest BCUT2D eigenvalue weighted by atomic mass is 32.1. The number of thiazole rings is 1. The van der Waals surface area contributed by atoms with Gasteiger partial charge in [0.25, 0.3) is 5.91 Å². The number of aliphatic hydroxyl groups is 1. The predicted octanol–water partition coefficient (Wildman–Crippen LogP) is 1.94. The molecule has 1 aromatic heterocycles. The fraction of sp³-hybridized carbons (Fsp3) is 0.286. The molecule has 0 spiro atoms. The molecule has 6 heteroatoms. The van der Waals surface area contributed by atoms with E-state index < -0.39 is 0 Å². The van der Waals surface area contributed by atoms with Crippen LogP contribution in [0.3, 0.4) is 0 Å². The van der Waals surface area contributed by atoms with Crippen LogP contribution in [-0.4, -0.2) is 41.1 Å². The SMILES string of the molecule is CN(CCO)C(=O)c1csc(Cc2ccc(F)cc2)n1. The van der Waals surface area contributed by atoms with E-state index in [1.807, 2.05) is 0 Å². The molecule has 106 valence electrons. The van der Waals surface area contributed by atoms with E-state index in [1.54, 1.807) is 24.6 Å². The van der Waals surface area contributed by atoms with E-state index in [0.717, 1.165) is 10.6 Å². The minimum Gasteiger partial charge on any atom is -0.395 e. The molecular weight excluding hydrogens is 279 g/mol. The summed E-state index contributed by atoms with van der Waals surface area (Å²) < 4.78 is 12.8. The standard InChI is InChI=1S/C14H15FN2O2S/c1-17(6-7-18)14(19)12-9-20-13(16-12)8-10-2-4-11(15)5-3-10/h2-5,9,18H,6-8H2,1H3. The third-order valence-electron chi connectivity index (χ3n) is 2.82. The normalized spacial score (nSPS) is 10.6. The molecule has 0 aliphatic rings. The van der Waals surface area contributed by atoms with Crippen LogP contribution in [0.15, 0.2) is 29.6 Å². The predicted molar refractivity (Wildman–Crippen MR) is 75.4 cm³/mol. The van der Waals surface area contributed by atoms with Crippen LogP contribution in [0.25, 0.3) is 0 Å². The van der Waals surface area contributed by atoms with Gasteiger partial charge < -0.3 is 10.0 Å². The molecule has 0 radical (unpaired) electrons. The summed E-state index contributed by atoms with van der Waals surface area (Å²) >= 11 is 1.40. The molecule has 0 unspecified atom stereocenters. The maximum Gasteiger partial charge on any atom is 0.273 e. The second-order valence-corrected chi connectivity index (χ2v) is 5.32. The van der Waals surface area contributed by atoms with Crippen LogP contribution < -0.4 is 0 Å². The van der Waals surface area contributed by atoms with Crippen molar-refractivity contribution in [3.05, 3.63) is 51.7 Å².